The molecule has 2 saturated carbocycles. The largest absolute Gasteiger partial charge is 0.423 e. The first-order valence-corrected chi connectivity index (χ1v) is 13.5. The van der Waals surface area contributed by atoms with Gasteiger partial charge < -0.3 is 4.74 Å². The monoisotopic (exact) mass is 492 g/mol. The van der Waals surface area contributed by atoms with Gasteiger partial charge in [0.25, 0.3) is 0 Å². The number of aryl methyl sites for hydroxylation is 1. The second-order valence-corrected chi connectivity index (χ2v) is 10.6. The van der Waals surface area contributed by atoms with Crippen LogP contribution in [0.3, 0.4) is 0 Å². The number of rotatable bonds is 9. The average Bonchev–Trinajstić information content (AvgIpc) is 2.88. The number of benzene rings is 2. The van der Waals surface area contributed by atoms with Crippen molar-refractivity contribution in [3.63, 3.8) is 0 Å². The zero-order valence-corrected chi connectivity index (χ0v) is 21.4. The van der Waals surface area contributed by atoms with Crippen LogP contribution < -0.4 is 4.74 Å². The molecule has 0 radical (unpaired) electrons. The van der Waals surface area contributed by atoms with Crippen LogP contribution in [0.25, 0.3) is 0 Å². The third kappa shape index (κ3) is 6.52. The molecule has 0 aromatic heterocycles. The molecule has 2 aromatic carbocycles. The average molecular weight is 493 g/mol. The van der Waals surface area contributed by atoms with E-state index in [0.29, 0.717) is 17.6 Å². The summed E-state index contributed by atoms with van der Waals surface area (Å²) >= 11 is 0. The Morgan fingerprint density at radius 2 is 1.69 bits per heavy atom. The van der Waals surface area contributed by atoms with Crippen molar-refractivity contribution in [1.82, 2.24) is 0 Å². The molecule has 2 nitrogen and oxygen atoms in total. The number of allylic oxidation sites excluding steroid dienone is 3. The van der Waals surface area contributed by atoms with Gasteiger partial charge >= 0.3 is 5.97 Å². The zero-order chi connectivity index (χ0) is 25.5. The maximum atomic E-state index is 15.2. The van der Waals surface area contributed by atoms with Gasteiger partial charge in [-0.05, 0) is 118 Å². The molecule has 2 aliphatic carbocycles. The molecule has 2 aliphatic rings. The summed E-state index contributed by atoms with van der Waals surface area (Å²) in [4.78, 5) is 12.6. The molecule has 2 fully saturated rings. The van der Waals surface area contributed by atoms with Crippen molar-refractivity contribution < 1.29 is 18.3 Å². The van der Waals surface area contributed by atoms with Gasteiger partial charge in [-0.25, -0.2) is 13.6 Å². The first-order chi connectivity index (χ1) is 17.5. The van der Waals surface area contributed by atoms with Crippen molar-refractivity contribution in [3.05, 3.63) is 89.5 Å². The summed E-state index contributed by atoms with van der Waals surface area (Å²) in [6.07, 6.45) is 16.5. The van der Waals surface area contributed by atoms with Crippen LogP contribution in [0.1, 0.15) is 92.1 Å². The summed E-state index contributed by atoms with van der Waals surface area (Å²) in [5.74, 6) is 0.177. The van der Waals surface area contributed by atoms with E-state index in [-0.39, 0.29) is 17.0 Å². The molecule has 0 spiro atoms. The Labute approximate surface area is 214 Å². The predicted molar refractivity (Wildman–Crippen MR) is 141 cm³/mol. The van der Waals surface area contributed by atoms with Gasteiger partial charge in [0.2, 0.25) is 0 Å². The maximum absolute atomic E-state index is 15.2. The van der Waals surface area contributed by atoms with Crippen LogP contribution in [0.5, 0.6) is 5.75 Å². The van der Waals surface area contributed by atoms with Crippen LogP contribution in [0.4, 0.5) is 8.78 Å². The van der Waals surface area contributed by atoms with Gasteiger partial charge in [-0.3, -0.25) is 0 Å². The molecule has 0 N–H and O–H groups in total. The number of hydrogen-bond acceptors (Lipinski definition) is 2. The van der Waals surface area contributed by atoms with Crippen LogP contribution in [-0.4, -0.2) is 5.97 Å². The molecule has 4 rings (SSSR count). The van der Waals surface area contributed by atoms with E-state index in [1.165, 1.54) is 19.3 Å². The summed E-state index contributed by atoms with van der Waals surface area (Å²) in [6.45, 7) is 5.83. The van der Waals surface area contributed by atoms with Gasteiger partial charge in [0.1, 0.15) is 17.4 Å². The highest BCUT2D eigenvalue weighted by molar-refractivity contribution is 5.91. The van der Waals surface area contributed by atoms with Gasteiger partial charge in [-0.1, -0.05) is 36.8 Å². The minimum Gasteiger partial charge on any atom is -0.423 e. The molecule has 0 heterocycles. The molecule has 36 heavy (non-hydrogen) atoms. The van der Waals surface area contributed by atoms with Gasteiger partial charge in [-0.15, -0.1) is 6.58 Å². The second kappa shape index (κ2) is 12.5. The molecule has 0 bridgehead atoms. The smallest absolute Gasteiger partial charge is 0.343 e. The van der Waals surface area contributed by atoms with Crippen LogP contribution in [-0.2, 0) is 6.42 Å². The Balaban J connectivity index is 1.38. The molecule has 0 aliphatic heterocycles. The van der Waals surface area contributed by atoms with Crippen molar-refractivity contribution in [2.45, 2.75) is 77.0 Å². The Morgan fingerprint density at radius 3 is 2.39 bits per heavy atom. The normalized spacial score (nSPS) is 23.9. The number of carbonyl (C=O) groups excluding carboxylic acids is 1. The van der Waals surface area contributed by atoms with E-state index in [4.69, 9.17) is 4.74 Å². The lowest BCUT2D eigenvalue weighted by Crippen LogP contribution is -2.31. The molecular weight excluding hydrogens is 454 g/mol. The summed E-state index contributed by atoms with van der Waals surface area (Å²) in [7, 11) is 0. The second-order valence-electron chi connectivity index (χ2n) is 10.6. The minimum atomic E-state index is -0.748. The van der Waals surface area contributed by atoms with Crippen LogP contribution in [0.15, 0.2) is 61.2 Å². The SMILES string of the molecule is C=CCCC1CCC2CC(c3c(F)cc(C(=O)Oc4ccc(CC/C=C/C)cc4)cc3F)CCC2C1. The van der Waals surface area contributed by atoms with E-state index in [2.05, 4.69) is 12.7 Å². The first-order valence-electron chi connectivity index (χ1n) is 13.5. The zero-order valence-electron chi connectivity index (χ0n) is 21.4. The lowest BCUT2D eigenvalue weighted by molar-refractivity contribution is 0.0733. The van der Waals surface area contributed by atoms with E-state index < -0.39 is 17.6 Å². The number of fused-ring (bicyclic) bond motifs is 1. The van der Waals surface area contributed by atoms with Crippen molar-refractivity contribution in [2.24, 2.45) is 17.8 Å². The number of halogens is 2. The summed E-state index contributed by atoms with van der Waals surface area (Å²) in [5, 5.41) is 0. The highest BCUT2D eigenvalue weighted by Gasteiger charge is 2.37. The molecule has 0 saturated heterocycles. The molecule has 4 atom stereocenters. The molecule has 4 heteroatoms. The fourth-order valence-electron chi connectivity index (χ4n) is 6.26. The fraction of sp³-hybridized carbons (Fsp3) is 0.469. The molecule has 0 amide bonds. The van der Waals surface area contributed by atoms with Crippen molar-refractivity contribution >= 4 is 5.97 Å². The highest BCUT2D eigenvalue weighted by atomic mass is 19.1. The van der Waals surface area contributed by atoms with E-state index >= 15 is 8.78 Å². The van der Waals surface area contributed by atoms with Gasteiger partial charge in [0, 0.05) is 5.56 Å². The van der Waals surface area contributed by atoms with E-state index in [1.807, 2.05) is 31.2 Å². The summed E-state index contributed by atoms with van der Waals surface area (Å²) in [6, 6.07) is 9.53. The summed E-state index contributed by atoms with van der Waals surface area (Å²) < 4.78 is 35.7. The van der Waals surface area contributed by atoms with Crippen molar-refractivity contribution in [2.75, 3.05) is 0 Å². The third-order valence-corrected chi connectivity index (χ3v) is 8.19. The van der Waals surface area contributed by atoms with Gasteiger partial charge in [0.05, 0.1) is 5.56 Å². The van der Waals surface area contributed by atoms with Crippen LogP contribution in [0.2, 0.25) is 0 Å². The Bertz CT molecular complexity index is 1050. The predicted octanol–water partition coefficient (Wildman–Crippen LogP) is 8.96. The standard InChI is InChI=1S/C32H38F2O2/c1-3-5-7-9-22-11-16-28(17-12-22)36-32(35)27-20-29(33)31(30(34)21-27)26-15-14-24-18-23(8-6-4-2)10-13-25(24)19-26/h3-5,11-12,16-17,20-21,23-26H,2,6-10,13-15,18-19H2,1H3/b5-3+. The van der Waals surface area contributed by atoms with E-state index in [0.717, 1.165) is 68.6 Å². The van der Waals surface area contributed by atoms with Crippen LogP contribution >= 0.6 is 0 Å². The molecular formula is C32H38F2O2. The van der Waals surface area contributed by atoms with Gasteiger partial charge in [-0.2, -0.15) is 0 Å². The molecule has 192 valence electrons. The Hall–Kier alpha value is -2.75. The number of esters is 1. The molecule has 2 aromatic rings. The van der Waals surface area contributed by atoms with Crippen molar-refractivity contribution in [3.8, 4) is 5.75 Å². The quantitative estimate of drug-likeness (QED) is 0.198. The first kappa shape index (κ1) is 26.3. The minimum absolute atomic E-state index is 0.0951. The van der Waals surface area contributed by atoms with Gasteiger partial charge in [0.15, 0.2) is 0 Å². The van der Waals surface area contributed by atoms with E-state index in [9.17, 15) is 4.79 Å². The lowest BCUT2D eigenvalue weighted by atomic mass is 9.63. The van der Waals surface area contributed by atoms with Crippen molar-refractivity contribution in [1.29, 1.82) is 0 Å². The molecule has 4 unspecified atom stereocenters. The topological polar surface area (TPSA) is 26.3 Å². The third-order valence-electron chi connectivity index (χ3n) is 8.19. The maximum Gasteiger partial charge on any atom is 0.343 e. The number of ether oxygens (including phenoxy) is 1. The van der Waals surface area contributed by atoms with E-state index in [1.54, 1.807) is 12.1 Å². The number of hydrogen-bond donors (Lipinski definition) is 0. The summed E-state index contributed by atoms with van der Waals surface area (Å²) in [5.41, 5.74) is 1.18. The number of carbonyl (C=O) groups is 1. The fourth-order valence-corrected chi connectivity index (χ4v) is 6.26. The van der Waals surface area contributed by atoms with Crippen LogP contribution in [0, 0.1) is 29.4 Å². The Morgan fingerprint density at radius 1 is 1.00 bits per heavy atom. The lowest BCUT2D eigenvalue weighted by Gasteiger charge is -2.42. The Kier molecular flexibility index (Phi) is 9.12. The highest BCUT2D eigenvalue weighted by Crippen LogP contribution is 2.49.